The molecule has 2 nitrogen and oxygen atoms in total. The second kappa shape index (κ2) is 14.9. The lowest BCUT2D eigenvalue weighted by Crippen LogP contribution is -2.49. The molecule has 2 heterocycles. The van der Waals surface area contributed by atoms with Gasteiger partial charge in [-0.05, 0) is 156 Å². The number of nitrogens with zero attached hydrogens (tertiary/aromatic N) is 2. The van der Waals surface area contributed by atoms with E-state index in [0.29, 0.717) is 0 Å². The summed E-state index contributed by atoms with van der Waals surface area (Å²) in [5, 5.41) is 8.40. The highest BCUT2D eigenvalue weighted by Gasteiger charge is 2.39. The summed E-state index contributed by atoms with van der Waals surface area (Å²) in [7, 11) is -1.93. The second-order valence-corrected chi connectivity index (χ2v) is 24.1. The summed E-state index contributed by atoms with van der Waals surface area (Å²) in [4.78, 5) is 2.45. The maximum atomic E-state index is 2.53. The number of benzene rings is 10. The minimum absolute atomic E-state index is 0.111. The van der Waals surface area contributed by atoms with E-state index >= 15 is 0 Å². The summed E-state index contributed by atoms with van der Waals surface area (Å²) in [6.45, 7) is 9.79. The molecule has 10 aromatic carbocycles. The maximum Gasteiger partial charge on any atom is 0.114 e. The Bertz CT molecular complexity index is 3780. The molecule has 3 heteroatoms. The van der Waals surface area contributed by atoms with E-state index in [4.69, 9.17) is 0 Å². The first-order valence-corrected chi connectivity index (χ1v) is 26.7. The molecule has 0 unspecified atom stereocenters. The van der Waals surface area contributed by atoms with E-state index in [2.05, 4.69) is 255 Å². The molecule has 0 N–H and O–H groups in total. The van der Waals surface area contributed by atoms with Crippen LogP contribution in [0.4, 0.5) is 17.1 Å². The molecule has 2 aliphatic rings. The van der Waals surface area contributed by atoms with Crippen molar-refractivity contribution in [2.24, 2.45) is 0 Å². The van der Waals surface area contributed by atoms with Gasteiger partial charge in [0.25, 0.3) is 0 Å². The number of hydrogen-bond donors (Lipinski definition) is 0. The summed E-state index contributed by atoms with van der Waals surface area (Å²) >= 11 is 0. The molecule has 1 aromatic heterocycles. The topological polar surface area (TPSA) is 8.17 Å². The van der Waals surface area contributed by atoms with Crippen LogP contribution in [-0.4, -0.2) is 12.6 Å². The molecule has 1 aliphatic heterocycles. The predicted octanol–water partition coefficient (Wildman–Crippen LogP) is 15.8. The average molecular weight is 875 g/mol. The molecule has 13 rings (SSSR count). The Labute approximate surface area is 394 Å². The fraction of sp³-hybridized carbons (Fsp3) is 0.0938. The van der Waals surface area contributed by atoms with Crippen molar-refractivity contribution < 1.29 is 0 Å². The van der Waals surface area contributed by atoms with E-state index < -0.39 is 8.07 Å². The van der Waals surface area contributed by atoms with Gasteiger partial charge in [-0.3, -0.25) is 0 Å². The summed E-state index contributed by atoms with van der Waals surface area (Å²) in [5.74, 6) is 0. The molecule has 0 radical (unpaired) electrons. The predicted molar refractivity (Wildman–Crippen MR) is 287 cm³/mol. The van der Waals surface area contributed by atoms with Crippen LogP contribution in [0.2, 0.25) is 13.1 Å². The molecule has 320 valence electrons. The zero-order valence-corrected chi connectivity index (χ0v) is 39.4. The Kier molecular flexibility index (Phi) is 8.81. The van der Waals surface area contributed by atoms with Crippen LogP contribution in [0, 0.1) is 0 Å². The molecular formula is C64H50N2Si. The van der Waals surface area contributed by atoms with E-state index in [9.17, 15) is 0 Å². The first-order chi connectivity index (χ1) is 32.7. The van der Waals surface area contributed by atoms with E-state index in [0.717, 1.165) is 23.5 Å². The molecule has 1 aliphatic carbocycles. The third kappa shape index (κ3) is 6.15. The second-order valence-electron chi connectivity index (χ2n) is 19.8. The Morgan fingerprint density at radius 2 is 1.07 bits per heavy atom. The summed E-state index contributed by atoms with van der Waals surface area (Å²) in [5.41, 5.74) is 20.2. The van der Waals surface area contributed by atoms with Crippen molar-refractivity contribution in [1.29, 1.82) is 0 Å². The maximum absolute atomic E-state index is 2.53. The van der Waals surface area contributed by atoms with Crippen molar-refractivity contribution in [3.8, 4) is 39.1 Å². The van der Waals surface area contributed by atoms with E-state index in [-0.39, 0.29) is 5.41 Å². The van der Waals surface area contributed by atoms with Crippen LogP contribution in [0.25, 0.3) is 71.6 Å². The van der Waals surface area contributed by atoms with Crippen molar-refractivity contribution >= 4 is 68.1 Å². The standard InChI is InChI=1S/C64H50N2Si/c1-64(2)58-27-13-11-25-51(58)52-33-31-50(40-59(52)64)65(49-24-16-20-45(38-49)44-18-7-5-8-19-44)48-23-15-17-42(36-48)35-43-29-34-60-56(37-43)57-39-46-30-32-54-53-26-12-14-28-62(53)67(3,4)63(54)55(46)41-61(57)66(60)47-21-9-6-10-22-47/h5-34,36-41H,35H2,1-4H3. The molecule has 0 amide bonds. The summed E-state index contributed by atoms with van der Waals surface area (Å²) < 4.78 is 2.49. The van der Waals surface area contributed by atoms with Gasteiger partial charge in [0, 0.05) is 38.9 Å². The van der Waals surface area contributed by atoms with Gasteiger partial charge in [-0.25, -0.2) is 0 Å². The highest BCUT2D eigenvalue weighted by molar-refractivity contribution is 7.05. The van der Waals surface area contributed by atoms with Crippen LogP contribution in [0.5, 0.6) is 0 Å². The molecule has 0 fully saturated rings. The third-order valence-electron chi connectivity index (χ3n) is 15.1. The Morgan fingerprint density at radius 3 is 1.91 bits per heavy atom. The zero-order chi connectivity index (χ0) is 45.0. The molecule has 11 aromatic rings. The molecule has 0 saturated heterocycles. The number of aromatic nitrogens is 1. The largest absolute Gasteiger partial charge is 0.310 e. The van der Waals surface area contributed by atoms with Crippen molar-refractivity contribution in [1.82, 2.24) is 4.57 Å². The molecular weight excluding hydrogens is 825 g/mol. The normalized spacial score (nSPS) is 14.0. The number of rotatable bonds is 7. The van der Waals surface area contributed by atoms with Gasteiger partial charge in [0.15, 0.2) is 0 Å². The van der Waals surface area contributed by atoms with Gasteiger partial charge in [0.05, 0.1) is 11.0 Å². The fourth-order valence-electron chi connectivity index (χ4n) is 11.9. The van der Waals surface area contributed by atoms with Gasteiger partial charge in [-0.2, -0.15) is 0 Å². The van der Waals surface area contributed by atoms with E-state index in [1.54, 1.807) is 10.4 Å². The minimum atomic E-state index is -1.93. The first kappa shape index (κ1) is 39.6. The lowest BCUT2D eigenvalue weighted by molar-refractivity contribution is 0.660. The molecule has 67 heavy (non-hydrogen) atoms. The van der Waals surface area contributed by atoms with Crippen LogP contribution in [0.3, 0.4) is 0 Å². The van der Waals surface area contributed by atoms with E-state index in [1.165, 1.54) is 93.9 Å². The highest BCUT2D eigenvalue weighted by atomic mass is 28.3. The van der Waals surface area contributed by atoms with Crippen LogP contribution in [0.15, 0.2) is 218 Å². The molecule has 0 spiro atoms. The smallest absolute Gasteiger partial charge is 0.114 e. The van der Waals surface area contributed by atoms with Gasteiger partial charge in [-0.15, -0.1) is 0 Å². The van der Waals surface area contributed by atoms with Crippen molar-refractivity contribution in [3.05, 3.63) is 241 Å². The van der Waals surface area contributed by atoms with Crippen LogP contribution in [0.1, 0.15) is 36.1 Å². The molecule has 0 bridgehead atoms. The van der Waals surface area contributed by atoms with Crippen LogP contribution >= 0.6 is 0 Å². The lowest BCUT2D eigenvalue weighted by Gasteiger charge is -2.29. The Balaban J connectivity index is 0.934. The zero-order valence-electron chi connectivity index (χ0n) is 38.4. The number of para-hydroxylation sites is 1. The SMILES string of the molecule is CC1(C)c2ccccc2-c2ccc(N(c3cccc(Cc4ccc5c(c4)c4cc6ccc7c(c6cc4n5-c4ccccc4)[Si](C)(C)c4ccccc4-7)c3)c3cccc(-c4ccccc4)c3)cc21. The van der Waals surface area contributed by atoms with Crippen molar-refractivity contribution in [2.45, 2.75) is 38.8 Å². The Morgan fingerprint density at radius 1 is 0.433 bits per heavy atom. The van der Waals surface area contributed by atoms with Gasteiger partial charge >= 0.3 is 0 Å². The van der Waals surface area contributed by atoms with Gasteiger partial charge < -0.3 is 9.47 Å². The van der Waals surface area contributed by atoms with E-state index in [1.807, 2.05) is 0 Å². The monoisotopic (exact) mass is 874 g/mol. The third-order valence-corrected chi connectivity index (χ3v) is 18.7. The van der Waals surface area contributed by atoms with Crippen molar-refractivity contribution in [3.63, 3.8) is 0 Å². The molecule has 0 atom stereocenters. The minimum Gasteiger partial charge on any atom is -0.310 e. The quantitative estimate of drug-likeness (QED) is 0.145. The van der Waals surface area contributed by atoms with Gasteiger partial charge in [-0.1, -0.05) is 173 Å². The fourth-order valence-corrected chi connectivity index (χ4v) is 15.4. The Hall–Kier alpha value is -7.72. The summed E-state index contributed by atoms with van der Waals surface area (Å²) in [6, 6.07) is 81.9. The first-order valence-electron chi connectivity index (χ1n) is 23.7. The van der Waals surface area contributed by atoms with Crippen LogP contribution < -0.4 is 15.3 Å². The lowest BCUT2D eigenvalue weighted by atomic mass is 9.82. The highest BCUT2D eigenvalue weighted by Crippen LogP contribution is 2.51. The van der Waals surface area contributed by atoms with Crippen molar-refractivity contribution in [2.75, 3.05) is 4.90 Å². The van der Waals surface area contributed by atoms with Gasteiger partial charge in [0.2, 0.25) is 0 Å². The number of fused-ring (bicyclic) bond motifs is 11. The van der Waals surface area contributed by atoms with Crippen LogP contribution in [-0.2, 0) is 11.8 Å². The molecule has 0 saturated carbocycles. The average Bonchev–Trinajstić information content (AvgIpc) is 3.90. The summed E-state index contributed by atoms with van der Waals surface area (Å²) in [6.07, 6.45) is 0.811. The number of anilines is 3. The number of hydrogen-bond acceptors (Lipinski definition) is 1. The van der Waals surface area contributed by atoms with Gasteiger partial charge in [0.1, 0.15) is 8.07 Å².